The van der Waals surface area contributed by atoms with Gasteiger partial charge in [0.1, 0.15) is 17.9 Å². The smallest absolute Gasteiger partial charge is 0.253 e. The summed E-state index contributed by atoms with van der Waals surface area (Å²) in [6.07, 6.45) is 1.60. The minimum Gasteiger partial charge on any atom is -0.497 e. The molecule has 1 aromatic heterocycles. The molecular weight excluding hydrogens is 376 g/mol. The maximum atomic E-state index is 12.9. The van der Waals surface area contributed by atoms with Gasteiger partial charge < -0.3 is 14.5 Å². The summed E-state index contributed by atoms with van der Waals surface area (Å²) >= 11 is 0. The number of aromatic nitrogens is 2. The Balaban J connectivity index is 1.43. The summed E-state index contributed by atoms with van der Waals surface area (Å²) in [5, 5.41) is 0. The van der Waals surface area contributed by atoms with Crippen LogP contribution in [0.15, 0.2) is 54.9 Å². The molecule has 1 aliphatic rings. The van der Waals surface area contributed by atoms with Crippen LogP contribution in [0.3, 0.4) is 0 Å². The van der Waals surface area contributed by atoms with Crippen LogP contribution in [0.25, 0.3) is 11.3 Å². The highest BCUT2D eigenvalue weighted by atomic mass is 16.5. The molecule has 154 valence electrons. The van der Waals surface area contributed by atoms with E-state index in [0.29, 0.717) is 13.1 Å². The number of amides is 1. The molecule has 0 aliphatic carbocycles. The van der Waals surface area contributed by atoms with Gasteiger partial charge in [-0.05, 0) is 61.4 Å². The summed E-state index contributed by atoms with van der Waals surface area (Å²) in [7, 11) is 1.65. The van der Waals surface area contributed by atoms with Crippen LogP contribution in [-0.2, 0) is 0 Å². The highest BCUT2D eigenvalue weighted by Gasteiger charge is 2.23. The third-order valence-electron chi connectivity index (χ3n) is 5.68. The van der Waals surface area contributed by atoms with Crippen LogP contribution in [0.4, 0.5) is 5.82 Å². The summed E-state index contributed by atoms with van der Waals surface area (Å²) in [4.78, 5) is 25.9. The summed E-state index contributed by atoms with van der Waals surface area (Å²) in [6.45, 7) is 6.94. The Bertz CT molecular complexity index is 1040. The second-order valence-corrected chi connectivity index (χ2v) is 7.57. The minimum absolute atomic E-state index is 0.0966. The quantitative estimate of drug-likeness (QED) is 0.666. The molecule has 1 aliphatic heterocycles. The van der Waals surface area contributed by atoms with Crippen LogP contribution in [-0.4, -0.2) is 54.1 Å². The van der Waals surface area contributed by atoms with Crippen molar-refractivity contribution < 1.29 is 9.53 Å². The van der Waals surface area contributed by atoms with Crippen molar-refractivity contribution in [3.63, 3.8) is 0 Å². The molecule has 2 heterocycles. The van der Waals surface area contributed by atoms with Crippen molar-refractivity contribution in [1.29, 1.82) is 0 Å². The first-order valence-corrected chi connectivity index (χ1v) is 10.1. The molecule has 0 unspecified atom stereocenters. The highest BCUT2D eigenvalue weighted by molar-refractivity contribution is 5.94. The van der Waals surface area contributed by atoms with Gasteiger partial charge >= 0.3 is 0 Å². The average molecular weight is 402 g/mol. The summed E-state index contributed by atoms with van der Waals surface area (Å²) in [5.74, 6) is 1.80. The van der Waals surface area contributed by atoms with Gasteiger partial charge in [-0.1, -0.05) is 6.07 Å². The average Bonchev–Trinajstić information content (AvgIpc) is 2.80. The van der Waals surface area contributed by atoms with Crippen molar-refractivity contribution in [3.05, 3.63) is 71.5 Å². The zero-order valence-corrected chi connectivity index (χ0v) is 17.6. The zero-order chi connectivity index (χ0) is 21.1. The van der Waals surface area contributed by atoms with Gasteiger partial charge in [-0.15, -0.1) is 0 Å². The SMILES string of the molecule is COc1ccc(-c2cc(N3CCN(C(=O)c4ccc(C)c(C)c4)CC3)ncn2)cc1. The second-order valence-electron chi connectivity index (χ2n) is 7.57. The van der Waals surface area contributed by atoms with E-state index in [4.69, 9.17) is 4.74 Å². The molecule has 1 saturated heterocycles. The van der Waals surface area contributed by atoms with Crippen LogP contribution in [0.1, 0.15) is 21.5 Å². The Morgan fingerprint density at radius 2 is 1.63 bits per heavy atom. The summed E-state index contributed by atoms with van der Waals surface area (Å²) in [5.41, 5.74) is 4.99. The van der Waals surface area contributed by atoms with Gasteiger partial charge in [-0.25, -0.2) is 9.97 Å². The fourth-order valence-corrected chi connectivity index (χ4v) is 3.64. The topological polar surface area (TPSA) is 58.6 Å². The molecule has 1 amide bonds. The van der Waals surface area contributed by atoms with Crippen LogP contribution in [0, 0.1) is 13.8 Å². The molecule has 0 N–H and O–H groups in total. The number of carbonyl (C=O) groups is 1. The summed E-state index contributed by atoms with van der Waals surface area (Å²) < 4.78 is 5.22. The fourth-order valence-electron chi connectivity index (χ4n) is 3.64. The Kier molecular flexibility index (Phi) is 5.65. The first-order chi connectivity index (χ1) is 14.5. The molecule has 3 aromatic rings. The largest absolute Gasteiger partial charge is 0.497 e. The van der Waals surface area contributed by atoms with E-state index in [1.54, 1.807) is 13.4 Å². The maximum Gasteiger partial charge on any atom is 0.253 e. The lowest BCUT2D eigenvalue weighted by molar-refractivity contribution is 0.0746. The molecular formula is C24H26N4O2. The lowest BCUT2D eigenvalue weighted by Gasteiger charge is -2.35. The number of benzene rings is 2. The standard InChI is InChI=1S/C24H26N4O2/c1-17-4-5-20(14-18(17)2)24(29)28-12-10-27(11-13-28)23-15-22(25-16-26-23)19-6-8-21(30-3)9-7-19/h4-9,14-16H,10-13H2,1-3H3. The van der Waals surface area contributed by atoms with Gasteiger partial charge in [0.25, 0.3) is 5.91 Å². The number of aryl methyl sites for hydroxylation is 2. The van der Waals surface area contributed by atoms with Crippen LogP contribution in [0.2, 0.25) is 0 Å². The maximum absolute atomic E-state index is 12.9. The highest BCUT2D eigenvalue weighted by Crippen LogP contribution is 2.24. The molecule has 0 spiro atoms. The number of piperazine rings is 1. The number of hydrogen-bond donors (Lipinski definition) is 0. The molecule has 1 fully saturated rings. The normalized spacial score (nSPS) is 14.0. The third-order valence-corrected chi connectivity index (χ3v) is 5.68. The monoisotopic (exact) mass is 402 g/mol. The fraction of sp³-hybridized carbons (Fsp3) is 0.292. The van der Waals surface area contributed by atoms with Gasteiger partial charge in [0.05, 0.1) is 12.8 Å². The molecule has 30 heavy (non-hydrogen) atoms. The van der Waals surface area contributed by atoms with Crippen molar-refractivity contribution in [2.45, 2.75) is 13.8 Å². The van der Waals surface area contributed by atoms with Crippen molar-refractivity contribution in [3.8, 4) is 17.0 Å². The Morgan fingerprint density at radius 1 is 0.900 bits per heavy atom. The number of methoxy groups -OCH3 is 1. The first-order valence-electron chi connectivity index (χ1n) is 10.1. The molecule has 6 nitrogen and oxygen atoms in total. The van der Waals surface area contributed by atoms with E-state index in [-0.39, 0.29) is 5.91 Å². The van der Waals surface area contributed by atoms with E-state index >= 15 is 0 Å². The first kappa shape index (κ1) is 19.9. The molecule has 0 radical (unpaired) electrons. The predicted molar refractivity (Wildman–Crippen MR) is 118 cm³/mol. The number of carbonyl (C=O) groups excluding carboxylic acids is 1. The lowest BCUT2D eigenvalue weighted by atomic mass is 10.1. The number of hydrogen-bond acceptors (Lipinski definition) is 5. The van der Waals surface area contributed by atoms with Crippen LogP contribution >= 0.6 is 0 Å². The van der Waals surface area contributed by atoms with Crippen molar-refractivity contribution >= 4 is 11.7 Å². The van der Waals surface area contributed by atoms with E-state index in [1.165, 1.54) is 5.56 Å². The van der Waals surface area contributed by atoms with Gasteiger partial charge in [0.15, 0.2) is 0 Å². The molecule has 0 saturated carbocycles. The molecule has 6 heteroatoms. The summed E-state index contributed by atoms with van der Waals surface area (Å²) in [6, 6.07) is 15.8. The minimum atomic E-state index is 0.0966. The molecule has 4 rings (SSSR count). The van der Waals surface area contributed by atoms with E-state index in [1.807, 2.05) is 60.4 Å². The van der Waals surface area contributed by atoms with E-state index in [9.17, 15) is 4.79 Å². The Hall–Kier alpha value is -3.41. The lowest BCUT2D eigenvalue weighted by Crippen LogP contribution is -2.49. The number of nitrogens with zero attached hydrogens (tertiary/aromatic N) is 4. The van der Waals surface area contributed by atoms with E-state index in [0.717, 1.165) is 47.0 Å². The van der Waals surface area contributed by atoms with Crippen LogP contribution in [0.5, 0.6) is 5.75 Å². The van der Waals surface area contributed by atoms with Gasteiger partial charge in [0, 0.05) is 43.4 Å². The predicted octanol–water partition coefficient (Wildman–Crippen LogP) is 3.73. The second kappa shape index (κ2) is 8.53. The third kappa shape index (κ3) is 4.13. The molecule has 2 aromatic carbocycles. The molecule has 0 bridgehead atoms. The molecule has 0 atom stereocenters. The van der Waals surface area contributed by atoms with E-state index < -0.39 is 0 Å². The number of ether oxygens (including phenoxy) is 1. The Morgan fingerprint density at radius 3 is 2.30 bits per heavy atom. The van der Waals surface area contributed by atoms with Crippen molar-refractivity contribution in [1.82, 2.24) is 14.9 Å². The van der Waals surface area contributed by atoms with E-state index in [2.05, 4.69) is 21.8 Å². The van der Waals surface area contributed by atoms with Crippen molar-refractivity contribution in [2.24, 2.45) is 0 Å². The van der Waals surface area contributed by atoms with Gasteiger partial charge in [-0.3, -0.25) is 4.79 Å². The number of rotatable bonds is 4. The zero-order valence-electron chi connectivity index (χ0n) is 17.6. The van der Waals surface area contributed by atoms with Crippen LogP contribution < -0.4 is 9.64 Å². The Labute approximate surface area is 177 Å². The van der Waals surface area contributed by atoms with Gasteiger partial charge in [0.2, 0.25) is 0 Å². The van der Waals surface area contributed by atoms with Crippen molar-refractivity contribution in [2.75, 3.05) is 38.2 Å². The van der Waals surface area contributed by atoms with Gasteiger partial charge in [-0.2, -0.15) is 0 Å². The number of anilines is 1.